The van der Waals surface area contributed by atoms with Gasteiger partial charge in [-0.1, -0.05) is 50.9 Å². The topological polar surface area (TPSA) is 12.0 Å². The quantitative estimate of drug-likeness (QED) is 0.781. The fourth-order valence-electron chi connectivity index (χ4n) is 1.78. The highest BCUT2D eigenvalue weighted by Crippen LogP contribution is 2.27. The molecule has 0 aliphatic heterocycles. The molecule has 0 atom stereocenters. The number of hydrogen-bond acceptors (Lipinski definition) is 1. The lowest BCUT2D eigenvalue weighted by atomic mass is 9.86. The van der Waals surface area contributed by atoms with Gasteiger partial charge in [-0.3, -0.25) is 0 Å². The molecular weight excluding hydrogens is 265 g/mol. The molecule has 0 heterocycles. The molecule has 0 saturated carbocycles. The van der Waals surface area contributed by atoms with Gasteiger partial charge in [0.2, 0.25) is 0 Å². The molecule has 0 unspecified atom stereocenters. The highest BCUT2D eigenvalue weighted by Gasteiger charge is 2.18. The number of nitrogens with one attached hydrogen (secondary N) is 1. The molecule has 0 amide bonds. The van der Waals surface area contributed by atoms with Crippen molar-refractivity contribution in [1.82, 2.24) is 5.32 Å². The first-order chi connectivity index (χ1) is 8.30. The summed E-state index contributed by atoms with van der Waals surface area (Å²) in [6.07, 6.45) is 2.05. The summed E-state index contributed by atoms with van der Waals surface area (Å²) in [5, 5.41) is 5.06. The number of aryl methyl sites for hydroxylation is 1. The van der Waals surface area contributed by atoms with Gasteiger partial charge in [-0.15, -0.1) is 0 Å². The van der Waals surface area contributed by atoms with Crippen LogP contribution in [-0.4, -0.2) is 12.6 Å². The number of halogens is 2. The van der Waals surface area contributed by atoms with Gasteiger partial charge in [0.15, 0.2) is 0 Å². The standard InChI is InChI=1S/C15H23Cl2N/c1-11(2)18-10-15(3,4)8-7-12-9-13(16)5-6-14(12)17/h5-6,9,11,18H,7-8,10H2,1-4H3. The summed E-state index contributed by atoms with van der Waals surface area (Å²) in [4.78, 5) is 0. The monoisotopic (exact) mass is 287 g/mol. The Morgan fingerprint density at radius 1 is 1.22 bits per heavy atom. The van der Waals surface area contributed by atoms with E-state index in [1.165, 1.54) is 0 Å². The highest BCUT2D eigenvalue weighted by atomic mass is 35.5. The van der Waals surface area contributed by atoms with Crippen molar-refractivity contribution in [3.05, 3.63) is 33.8 Å². The Morgan fingerprint density at radius 3 is 2.50 bits per heavy atom. The smallest absolute Gasteiger partial charge is 0.0439 e. The maximum absolute atomic E-state index is 6.18. The molecular formula is C15H23Cl2N. The molecule has 1 rings (SSSR count). The Kier molecular flexibility index (Phi) is 5.97. The van der Waals surface area contributed by atoms with E-state index in [0.717, 1.165) is 35.0 Å². The lowest BCUT2D eigenvalue weighted by Gasteiger charge is -2.26. The van der Waals surface area contributed by atoms with Crippen LogP contribution in [0.5, 0.6) is 0 Å². The van der Waals surface area contributed by atoms with Crippen LogP contribution < -0.4 is 5.32 Å². The first kappa shape index (κ1) is 15.8. The van der Waals surface area contributed by atoms with Gasteiger partial charge in [0.1, 0.15) is 0 Å². The molecule has 0 fully saturated rings. The zero-order valence-electron chi connectivity index (χ0n) is 11.7. The van der Waals surface area contributed by atoms with Gasteiger partial charge in [0.25, 0.3) is 0 Å². The van der Waals surface area contributed by atoms with E-state index in [0.29, 0.717) is 6.04 Å². The summed E-state index contributed by atoms with van der Waals surface area (Å²) in [6.45, 7) is 9.92. The van der Waals surface area contributed by atoms with E-state index in [9.17, 15) is 0 Å². The molecule has 1 nitrogen and oxygen atoms in total. The van der Waals surface area contributed by atoms with Crippen molar-refractivity contribution in [3.8, 4) is 0 Å². The third-order valence-corrected chi connectivity index (χ3v) is 3.67. The predicted molar refractivity (Wildman–Crippen MR) is 81.7 cm³/mol. The van der Waals surface area contributed by atoms with Gasteiger partial charge >= 0.3 is 0 Å². The van der Waals surface area contributed by atoms with Crippen LogP contribution in [0.15, 0.2) is 18.2 Å². The molecule has 0 bridgehead atoms. The maximum atomic E-state index is 6.18. The average Bonchev–Trinajstić information content (AvgIpc) is 2.28. The minimum absolute atomic E-state index is 0.260. The largest absolute Gasteiger partial charge is 0.314 e. The Hall–Kier alpha value is -0.240. The van der Waals surface area contributed by atoms with Crippen LogP contribution in [-0.2, 0) is 6.42 Å². The zero-order chi connectivity index (χ0) is 13.8. The van der Waals surface area contributed by atoms with Gasteiger partial charge in [-0.25, -0.2) is 0 Å². The minimum Gasteiger partial charge on any atom is -0.314 e. The van der Waals surface area contributed by atoms with E-state index >= 15 is 0 Å². The molecule has 0 saturated heterocycles. The SMILES string of the molecule is CC(C)NCC(C)(C)CCc1cc(Cl)ccc1Cl. The van der Waals surface area contributed by atoms with Gasteiger partial charge in [0, 0.05) is 22.6 Å². The third-order valence-electron chi connectivity index (χ3n) is 3.07. The van der Waals surface area contributed by atoms with Crippen molar-refractivity contribution in [1.29, 1.82) is 0 Å². The van der Waals surface area contributed by atoms with E-state index < -0.39 is 0 Å². The molecule has 0 aromatic heterocycles. The second-order valence-corrected chi connectivity index (χ2v) is 6.78. The molecule has 1 N–H and O–H groups in total. The van der Waals surface area contributed by atoms with Crippen LogP contribution in [0, 0.1) is 5.41 Å². The van der Waals surface area contributed by atoms with Crippen LogP contribution in [0.2, 0.25) is 10.0 Å². The average molecular weight is 288 g/mol. The van der Waals surface area contributed by atoms with E-state index in [-0.39, 0.29) is 5.41 Å². The Bertz CT molecular complexity index is 386. The van der Waals surface area contributed by atoms with Gasteiger partial charge < -0.3 is 5.32 Å². The highest BCUT2D eigenvalue weighted by molar-refractivity contribution is 6.33. The van der Waals surface area contributed by atoms with Crippen molar-refractivity contribution in [2.24, 2.45) is 5.41 Å². The van der Waals surface area contributed by atoms with Crippen LogP contribution in [0.1, 0.15) is 39.7 Å². The molecule has 0 spiro atoms. The Balaban J connectivity index is 2.55. The third kappa shape index (κ3) is 5.60. The summed E-state index contributed by atoms with van der Waals surface area (Å²) >= 11 is 12.2. The molecule has 18 heavy (non-hydrogen) atoms. The molecule has 1 aromatic rings. The first-order valence-corrected chi connectivity index (χ1v) is 7.23. The summed E-state index contributed by atoms with van der Waals surface area (Å²) < 4.78 is 0. The number of benzene rings is 1. The number of hydrogen-bond donors (Lipinski definition) is 1. The number of rotatable bonds is 6. The van der Waals surface area contributed by atoms with E-state index in [1.807, 2.05) is 18.2 Å². The van der Waals surface area contributed by atoms with E-state index in [2.05, 4.69) is 33.0 Å². The fourth-order valence-corrected chi connectivity index (χ4v) is 2.18. The van der Waals surface area contributed by atoms with Crippen molar-refractivity contribution in [2.75, 3.05) is 6.54 Å². The van der Waals surface area contributed by atoms with Crippen LogP contribution in [0.4, 0.5) is 0 Å². The molecule has 102 valence electrons. The Morgan fingerprint density at radius 2 is 1.89 bits per heavy atom. The van der Waals surface area contributed by atoms with Gasteiger partial charge in [-0.05, 0) is 42.0 Å². The molecule has 1 aromatic carbocycles. The molecule has 0 aliphatic carbocycles. The van der Waals surface area contributed by atoms with Crippen molar-refractivity contribution >= 4 is 23.2 Å². The van der Waals surface area contributed by atoms with Crippen molar-refractivity contribution in [2.45, 2.75) is 46.6 Å². The van der Waals surface area contributed by atoms with E-state index in [1.54, 1.807) is 0 Å². The van der Waals surface area contributed by atoms with Crippen LogP contribution in [0.25, 0.3) is 0 Å². The maximum Gasteiger partial charge on any atom is 0.0439 e. The lowest BCUT2D eigenvalue weighted by Crippen LogP contribution is -2.34. The zero-order valence-corrected chi connectivity index (χ0v) is 13.2. The summed E-state index contributed by atoms with van der Waals surface area (Å²) in [5.41, 5.74) is 1.40. The summed E-state index contributed by atoms with van der Waals surface area (Å²) in [5.74, 6) is 0. The molecule has 3 heteroatoms. The fraction of sp³-hybridized carbons (Fsp3) is 0.600. The van der Waals surface area contributed by atoms with Crippen molar-refractivity contribution in [3.63, 3.8) is 0 Å². The second kappa shape index (κ2) is 6.79. The predicted octanol–water partition coefficient (Wildman–Crippen LogP) is 4.95. The Labute approximate surface area is 121 Å². The van der Waals surface area contributed by atoms with Crippen LogP contribution in [0.3, 0.4) is 0 Å². The first-order valence-electron chi connectivity index (χ1n) is 6.47. The second-order valence-electron chi connectivity index (χ2n) is 5.94. The molecule has 0 radical (unpaired) electrons. The lowest BCUT2D eigenvalue weighted by molar-refractivity contribution is 0.304. The van der Waals surface area contributed by atoms with Gasteiger partial charge in [-0.2, -0.15) is 0 Å². The van der Waals surface area contributed by atoms with Crippen molar-refractivity contribution < 1.29 is 0 Å². The van der Waals surface area contributed by atoms with Gasteiger partial charge in [0.05, 0.1) is 0 Å². The minimum atomic E-state index is 0.260. The van der Waals surface area contributed by atoms with Crippen LogP contribution >= 0.6 is 23.2 Å². The van der Waals surface area contributed by atoms with E-state index in [4.69, 9.17) is 23.2 Å². The normalized spacial score (nSPS) is 12.2. The molecule has 0 aliphatic rings. The summed E-state index contributed by atoms with van der Waals surface area (Å²) in [6, 6.07) is 6.20. The summed E-state index contributed by atoms with van der Waals surface area (Å²) in [7, 11) is 0.